The van der Waals surface area contributed by atoms with Crippen LogP contribution in [0.3, 0.4) is 0 Å². The van der Waals surface area contributed by atoms with Crippen LogP contribution in [-0.4, -0.2) is 18.2 Å². The molecule has 3 rings (SSSR count). The first-order valence-electron chi connectivity index (χ1n) is 6.81. The Morgan fingerprint density at radius 3 is 2.82 bits per heavy atom. The third kappa shape index (κ3) is 2.81. The molecule has 0 saturated heterocycles. The zero-order valence-electron chi connectivity index (χ0n) is 10.5. The molecule has 2 fully saturated rings. The molecule has 0 atom stereocenters. The Morgan fingerprint density at radius 2 is 2.18 bits per heavy atom. The summed E-state index contributed by atoms with van der Waals surface area (Å²) in [6, 6.07) is 9.29. The first kappa shape index (κ1) is 11.1. The molecule has 92 valence electrons. The number of hydrogen-bond acceptors (Lipinski definition) is 2. The molecule has 2 nitrogen and oxygen atoms in total. The first-order chi connectivity index (χ1) is 8.30. The van der Waals surface area contributed by atoms with Crippen LogP contribution in [0.25, 0.3) is 0 Å². The fourth-order valence-electron chi connectivity index (χ4n) is 2.15. The summed E-state index contributed by atoms with van der Waals surface area (Å²) in [5.74, 6) is 1.04. The Labute approximate surface area is 103 Å². The zero-order valence-corrected chi connectivity index (χ0v) is 10.5. The van der Waals surface area contributed by atoms with Gasteiger partial charge in [-0.25, -0.2) is 0 Å². The lowest BCUT2D eigenvalue weighted by molar-refractivity contribution is 0.175. The van der Waals surface area contributed by atoms with Gasteiger partial charge in [-0.3, -0.25) is 0 Å². The lowest BCUT2D eigenvalue weighted by Gasteiger charge is -2.19. The second-order valence-corrected chi connectivity index (χ2v) is 5.44. The number of hydrogen-bond donors (Lipinski definition) is 1. The molecule has 0 radical (unpaired) electrons. The van der Waals surface area contributed by atoms with Gasteiger partial charge in [0.1, 0.15) is 11.4 Å². The summed E-state index contributed by atoms with van der Waals surface area (Å²) >= 11 is 0. The zero-order chi connectivity index (χ0) is 11.7. The van der Waals surface area contributed by atoms with E-state index in [1.807, 2.05) is 0 Å². The standard InChI is InChI=1S/C15H21NO/c1-2-12-4-3-5-14(10-12)17-15(8-9-15)11-16-13-6-7-13/h3-5,10,13,16H,2,6-9,11H2,1H3. The average Bonchev–Trinajstić information content (AvgIpc) is 3.23. The molecular weight excluding hydrogens is 210 g/mol. The summed E-state index contributed by atoms with van der Waals surface area (Å²) < 4.78 is 6.17. The fourth-order valence-corrected chi connectivity index (χ4v) is 2.15. The van der Waals surface area contributed by atoms with E-state index in [1.165, 1.54) is 31.2 Å². The van der Waals surface area contributed by atoms with E-state index >= 15 is 0 Å². The molecular formula is C15H21NO. The Bertz CT molecular complexity index is 394. The Kier molecular flexibility index (Phi) is 2.83. The number of benzene rings is 1. The number of rotatable bonds is 6. The topological polar surface area (TPSA) is 21.3 Å². The molecule has 1 aromatic carbocycles. The van der Waals surface area contributed by atoms with E-state index in [0.29, 0.717) is 0 Å². The van der Waals surface area contributed by atoms with E-state index in [1.54, 1.807) is 0 Å². The Hall–Kier alpha value is -1.02. The predicted molar refractivity (Wildman–Crippen MR) is 69.4 cm³/mol. The maximum atomic E-state index is 6.17. The van der Waals surface area contributed by atoms with Gasteiger partial charge in [0.2, 0.25) is 0 Å². The Balaban J connectivity index is 1.60. The molecule has 0 aliphatic heterocycles. The Morgan fingerprint density at radius 1 is 1.35 bits per heavy atom. The molecule has 1 N–H and O–H groups in total. The predicted octanol–water partition coefficient (Wildman–Crippen LogP) is 2.91. The van der Waals surface area contributed by atoms with Gasteiger partial charge in [-0.15, -0.1) is 0 Å². The van der Waals surface area contributed by atoms with Crippen molar-refractivity contribution in [2.75, 3.05) is 6.54 Å². The van der Waals surface area contributed by atoms with Crippen molar-refractivity contribution in [1.29, 1.82) is 0 Å². The van der Waals surface area contributed by atoms with Crippen LogP contribution in [0.4, 0.5) is 0 Å². The minimum atomic E-state index is 0.106. The monoisotopic (exact) mass is 231 g/mol. The van der Waals surface area contributed by atoms with Crippen LogP contribution in [0.1, 0.15) is 38.2 Å². The third-order valence-electron chi connectivity index (χ3n) is 3.74. The second-order valence-electron chi connectivity index (χ2n) is 5.44. The van der Waals surface area contributed by atoms with Gasteiger partial charge in [-0.05, 0) is 49.8 Å². The van der Waals surface area contributed by atoms with Crippen molar-refractivity contribution in [3.63, 3.8) is 0 Å². The third-order valence-corrected chi connectivity index (χ3v) is 3.74. The highest BCUT2D eigenvalue weighted by atomic mass is 16.5. The largest absolute Gasteiger partial charge is 0.486 e. The quantitative estimate of drug-likeness (QED) is 0.813. The molecule has 0 aromatic heterocycles. The van der Waals surface area contributed by atoms with Gasteiger partial charge in [0.15, 0.2) is 0 Å². The van der Waals surface area contributed by atoms with Crippen molar-refractivity contribution >= 4 is 0 Å². The van der Waals surface area contributed by atoms with Gasteiger partial charge in [0.05, 0.1) is 0 Å². The summed E-state index contributed by atoms with van der Waals surface area (Å²) in [7, 11) is 0. The molecule has 2 heteroatoms. The van der Waals surface area contributed by atoms with Crippen molar-refractivity contribution in [2.45, 2.75) is 50.7 Å². The molecule has 0 heterocycles. The number of ether oxygens (including phenoxy) is 1. The summed E-state index contributed by atoms with van der Waals surface area (Å²) in [6.45, 7) is 3.20. The van der Waals surface area contributed by atoms with E-state index in [-0.39, 0.29) is 5.60 Å². The van der Waals surface area contributed by atoms with E-state index in [2.05, 4.69) is 36.5 Å². The maximum Gasteiger partial charge on any atom is 0.122 e. The van der Waals surface area contributed by atoms with Gasteiger partial charge in [-0.1, -0.05) is 19.1 Å². The minimum absolute atomic E-state index is 0.106. The summed E-state index contributed by atoms with van der Waals surface area (Å²) in [5, 5.41) is 3.58. The van der Waals surface area contributed by atoms with E-state index in [4.69, 9.17) is 4.74 Å². The van der Waals surface area contributed by atoms with Gasteiger partial charge in [-0.2, -0.15) is 0 Å². The highest BCUT2D eigenvalue weighted by Gasteiger charge is 2.46. The summed E-state index contributed by atoms with van der Waals surface area (Å²) in [6.07, 6.45) is 6.17. The van der Waals surface area contributed by atoms with Crippen LogP contribution in [0, 0.1) is 0 Å². The normalized spacial score (nSPS) is 21.2. The molecule has 0 unspecified atom stereocenters. The van der Waals surface area contributed by atoms with Crippen LogP contribution < -0.4 is 10.1 Å². The van der Waals surface area contributed by atoms with E-state index < -0.39 is 0 Å². The van der Waals surface area contributed by atoms with Crippen LogP contribution >= 0.6 is 0 Å². The van der Waals surface area contributed by atoms with Crippen molar-refractivity contribution < 1.29 is 4.74 Å². The van der Waals surface area contributed by atoms with Crippen molar-refractivity contribution in [3.8, 4) is 5.75 Å². The first-order valence-corrected chi connectivity index (χ1v) is 6.81. The van der Waals surface area contributed by atoms with Crippen molar-refractivity contribution in [1.82, 2.24) is 5.32 Å². The van der Waals surface area contributed by atoms with Gasteiger partial charge in [0, 0.05) is 12.6 Å². The highest BCUT2D eigenvalue weighted by Crippen LogP contribution is 2.40. The average molecular weight is 231 g/mol. The minimum Gasteiger partial charge on any atom is -0.486 e. The number of aryl methyl sites for hydroxylation is 1. The van der Waals surface area contributed by atoms with Crippen LogP contribution in [0.5, 0.6) is 5.75 Å². The van der Waals surface area contributed by atoms with Gasteiger partial charge in [0.25, 0.3) is 0 Å². The molecule has 17 heavy (non-hydrogen) atoms. The summed E-state index contributed by atoms with van der Waals surface area (Å²) in [5.41, 5.74) is 1.46. The van der Waals surface area contributed by atoms with Crippen LogP contribution in [-0.2, 0) is 6.42 Å². The van der Waals surface area contributed by atoms with Gasteiger partial charge >= 0.3 is 0 Å². The molecule has 2 aliphatic carbocycles. The molecule has 0 spiro atoms. The smallest absolute Gasteiger partial charge is 0.122 e. The molecule has 2 saturated carbocycles. The lowest BCUT2D eigenvalue weighted by atomic mass is 10.1. The van der Waals surface area contributed by atoms with E-state index in [9.17, 15) is 0 Å². The maximum absolute atomic E-state index is 6.17. The van der Waals surface area contributed by atoms with Crippen LogP contribution in [0.2, 0.25) is 0 Å². The second kappa shape index (κ2) is 4.34. The molecule has 0 amide bonds. The number of nitrogens with one attached hydrogen (secondary N) is 1. The summed E-state index contributed by atoms with van der Waals surface area (Å²) in [4.78, 5) is 0. The molecule has 2 aliphatic rings. The van der Waals surface area contributed by atoms with Crippen molar-refractivity contribution in [2.24, 2.45) is 0 Å². The highest BCUT2D eigenvalue weighted by molar-refractivity contribution is 5.30. The molecule has 1 aromatic rings. The van der Waals surface area contributed by atoms with Crippen molar-refractivity contribution in [3.05, 3.63) is 29.8 Å². The van der Waals surface area contributed by atoms with Gasteiger partial charge < -0.3 is 10.1 Å². The SMILES string of the molecule is CCc1cccc(OC2(CNC3CC3)CC2)c1. The molecule has 0 bridgehead atoms. The van der Waals surface area contributed by atoms with Crippen LogP contribution in [0.15, 0.2) is 24.3 Å². The lowest BCUT2D eigenvalue weighted by Crippen LogP contribution is -2.34. The fraction of sp³-hybridized carbons (Fsp3) is 0.600. The van der Waals surface area contributed by atoms with E-state index in [0.717, 1.165) is 24.8 Å².